The van der Waals surface area contributed by atoms with Crippen molar-refractivity contribution in [2.75, 3.05) is 0 Å². The fourth-order valence-corrected chi connectivity index (χ4v) is 2.06. The SMILES string of the molecule is CCC(CC)NC(=O)/C=C/c1cnn(-c2ccccc2)c1. The topological polar surface area (TPSA) is 46.9 Å². The lowest BCUT2D eigenvalue weighted by Crippen LogP contribution is -2.32. The number of benzene rings is 1. The number of amides is 1. The summed E-state index contributed by atoms with van der Waals surface area (Å²) in [4.78, 5) is 11.8. The molecule has 4 heteroatoms. The van der Waals surface area contributed by atoms with Gasteiger partial charge in [-0.05, 0) is 31.1 Å². The predicted octanol–water partition coefficient (Wildman–Crippen LogP) is 3.19. The zero-order chi connectivity index (χ0) is 15.1. The van der Waals surface area contributed by atoms with Gasteiger partial charge in [0.05, 0.1) is 11.9 Å². The first kappa shape index (κ1) is 15.0. The summed E-state index contributed by atoms with van der Waals surface area (Å²) in [5, 5.41) is 7.26. The van der Waals surface area contributed by atoms with E-state index in [2.05, 4.69) is 24.3 Å². The van der Waals surface area contributed by atoms with Crippen molar-refractivity contribution in [1.29, 1.82) is 0 Å². The third kappa shape index (κ3) is 4.31. The Morgan fingerprint density at radius 1 is 1.29 bits per heavy atom. The molecule has 1 aromatic heterocycles. The summed E-state index contributed by atoms with van der Waals surface area (Å²) in [7, 11) is 0. The van der Waals surface area contributed by atoms with E-state index in [0.29, 0.717) is 0 Å². The second-order valence-electron chi connectivity index (χ2n) is 4.91. The summed E-state index contributed by atoms with van der Waals surface area (Å²) in [6, 6.07) is 10.1. The fraction of sp³-hybridized carbons (Fsp3) is 0.294. The summed E-state index contributed by atoms with van der Waals surface area (Å²) < 4.78 is 1.79. The van der Waals surface area contributed by atoms with Gasteiger partial charge >= 0.3 is 0 Å². The van der Waals surface area contributed by atoms with Crippen molar-refractivity contribution < 1.29 is 4.79 Å². The molecule has 1 aromatic carbocycles. The molecule has 4 nitrogen and oxygen atoms in total. The van der Waals surface area contributed by atoms with Crippen molar-refractivity contribution in [3.05, 3.63) is 54.4 Å². The Kier molecular flexibility index (Phi) is 5.32. The van der Waals surface area contributed by atoms with E-state index in [1.807, 2.05) is 36.5 Å². The molecule has 2 aromatic rings. The Hall–Kier alpha value is -2.36. The molecule has 0 aliphatic heterocycles. The van der Waals surface area contributed by atoms with E-state index in [4.69, 9.17) is 0 Å². The van der Waals surface area contributed by atoms with Crippen molar-refractivity contribution in [1.82, 2.24) is 15.1 Å². The van der Waals surface area contributed by atoms with Crippen LogP contribution in [0.2, 0.25) is 0 Å². The van der Waals surface area contributed by atoms with Gasteiger partial charge in [-0.3, -0.25) is 4.79 Å². The third-order valence-electron chi connectivity index (χ3n) is 3.38. The molecule has 0 saturated carbocycles. The van der Waals surface area contributed by atoms with Gasteiger partial charge in [0.25, 0.3) is 0 Å². The Balaban J connectivity index is 1.99. The number of hydrogen-bond acceptors (Lipinski definition) is 2. The molecule has 0 fully saturated rings. The number of nitrogens with zero attached hydrogens (tertiary/aromatic N) is 2. The highest BCUT2D eigenvalue weighted by Gasteiger charge is 2.05. The van der Waals surface area contributed by atoms with Gasteiger partial charge in [-0.1, -0.05) is 32.0 Å². The van der Waals surface area contributed by atoms with Crippen molar-refractivity contribution in [3.8, 4) is 5.69 Å². The smallest absolute Gasteiger partial charge is 0.244 e. The second kappa shape index (κ2) is 7.43. The number of rotatable bonds is 6. The Morgan fingerprint density at radius 2 is 2.00 bits per heavy atom. The lowest BCUT2D eigenvalue weighted by atomic mass is 10.2. The molecule has 1 heterocycles. The quantitative estimate of drug-likeness (QED) is 0.828. The normalized spacial score (nSPS) is 11.2. The minimum Gasteiger partial charge on any atom is -0.350 e. The second-order valence-corrected chi connectivity index (χ2v) is 4.91. The van der Waals surface area contributed by atoms with Crippen LogP contribution in [0.5, 0.6) is 0 Å². The van der Waals surface area contributed by atoms with Crippen LogP contribution in [0.3, 0.4) is 0 Å². The van der Waals surface area contributed by atoms with Crippen LogP contribution in [0.15, 0.2) is 48.8 Å². The van der Waals surface area contributed by atoms with Crippen LogP contribution in [0.1, 0.15) is 32.3 Å². The molecule has 0 unspecified atom stereocenters. The molecule has 0 atom stereocenters. The molecule has 0 spiro atoms. The molecule has 0 saturated heterocycles. The molecular weight excluding hydrogens is 262 g/mol. The average Bonchev–Trinajstić information content (AvgIpc) is 3.00. The molecule has 1 N–H and O–H groups in total. The minimum absolute atomic E-state index is 0.0591. The monoisotopic (exact) mass is 283 g/mol. The van der Waals surface area contributed by atoms with Gasteiger partial charge in [0.2, 0.25) is 5.91 Å². The first-order valence-electron chi connectivity index (χ1n) is 7.31. The van der Waals surface area contributed by atoms with Gasteiger partial charge in [0.1, 0.15) is 0 Å². The molecular formula is C17H21N3O. The standard InChI is InChI=1S/C17H21N3O/c1-3-15(4-2)19-17(21)11-10-14-12-18-20(13-14)16-8-6-5-7-9-16/h5-13,15H,3-4H2,1-2H3,(H,19,21)/b11-10+. The highest BCUT2D eigenvalue weighted by Crippen LogP contribution is 2.08. The Bertz CT molecular complexity index is 598. The summed E-state index contributed by atoms with van der Waals surface area (Å²) in [6.45, 7) is 4.14. The molecule has 21 heavy (non-hydrogen) atoms. The summed E-state index contributed by atoms with van der Waals surface area (Å²) in [5.74, 6) is -0.0591. The number of carbonyl (C=O) groups excluding carboxylic acids is 1. The van der Waals surface area contributed by atoms with Gasteiger partial charge in [0.15, 0.2) is 0 Å². The molecule has 0 bridgehead atoms. The first-order chi connectivity index (χ1) is 10.2. The lowest BCUT2D eigenvalue weighted by Gasteiger charge is -2.12. The maximum atomic E-state index is 11.8. The highest BCUT2D eigenvalue weighted by molar-refractivity contribution is 5.91. The van der Waals surface area contributed by atoms with Gasteiger partial charge in [0, 0.05) is 23.9 Å². The van der Waals surface area contributed by atoms with Crippen LogP contribution in [-0.2, 0) is 4.79 Å². The number of aromatic nitrogens is 2. The van der Waals surface area contributed by atoms with Crippen LogP contribution in [0, 0.1) is 0 Å². The van der Waals surface area contributed by atoms with Crippen molar-refractivity contribution in [2.24, 2.45) is 0 Å². The molecule has 0 aliphatic rings. The predicted molar refractivity (Wildman–Crippen MR) is 85.1 cm³/mol. The Morgan fingerprint density at radius 3 is 2.67 bits per heavy atom. The average molecular weight is 283 g/mol. The van der Waals surface area contributed by atoms with E-state index in [0.717, 1.165) is 24.1 Å². The van der Waals surface area contributed by atoms with Crippen LogP contribution < -0.4 is 5.32 Å². The molecule has 2 rings (SSSR count). The van der Waals surface area contributed by atoms with Crippen LogP contribution >= 0.6 is 0 Å². The molecule has 0 radical (unpaired) electrons. The maximum Gasteiger partial charge on any atom is 0.244 e. The fourth-order valence-electron chi connectivity index (χ4n) is 2.06. The molecule has 0 aliphatic carbocycles. The van der Waals surface area contributed by atoms with Gasteiger partial charge in [-0.2, -0.15) is 5.10 Å². The minimum atomic E-state index is -0.0591. The summed E-state index contributed by atoms with van der Waals surface area (Å²) in [5.41, 5.74) is 1.90. The van der Waals surface area contributed by atoms with Gasteiger partial charge in [-0.15, -0.1) is 0 Å². The Labute approximate surface area is 125 Å². The van der Waals surface area contributed by atoms with Crippen molar-refractivity contribution in [2.45, 2.75) is 32.7 Å². The van der Waals surface area contributed by atoms with E-state index >= 15 is 0 Å². The largest absolute Gasteiger partial charge is 0.350 e. The molecule has 110 valence electrons. The number of carbonyl (C=O) groups is 1. The van der Waals surface area contributed by atoms with Crippen molar-refractivity contribution >= 4 is 12.0 Å². The van der Waals surface area contributed by atoms with Crippen LogP contribution in [-0.4, -0.2) is 21.7 Å². The summed E-state index contributed by atoms with van der Waals surface area (Å²) >= 11 is 0. The maximum absolute atomic E-state index is 11.8. The van der Waals surface area contributed by atoms with E-state index < -0.39 is 0 Å². The third-order valence-corrected chi connectivity index (χ3v) is 3.38. The van der Waals surface area contributed by atoms with E-state index in [9.17, 15) is 4.79 Å². The number of para-hydroxylation sites is 1. The van der Waals surface area contributed by atoms with Gasteiger partial charge < -0.3 is 5.32 Å². The highest BCUT2D eigenvalue weighted by atomic mass is 16.1. The lowest BCUT2D eigenvalue weighted by molar-refractivity contribution is -0.117. The van der Waals surface area contributed by atoms with Crippen LogP contribution in [0.4, 0.5) is 0 Å². The number of nitrogens with one attached hydrogen (secondary N) is 1. The van der Waals surface area contributed by atoms with E-state index in [-0.39, 0.29) is 11.9 Å². The zero-order valence-corrected chi connectivity index (χ0v) is 12.5. The van der Waals surface area contributed by atoms with Gasteiger partial charge in [-0.25, -0.2) is 4.68 Å². The van der Waals surface area contributed by atoms with Crippen molar-refractivity contribution in [3.63, 3.8) is 0 Å². The van der Waals surface area contributed by atoms with E-state index in [1.54, 1.807) is 23.0 Å². The zero-order valence-electron chi connectivity index (χ0n) is 12.5. The molecule has 1 amide bonds. The van der Waals surface area contributed by atoms with Crippen LogP contribution in [0.25, 0.3) is 11.8 Å². The number of hydrogen-bond donors (Lipinski definition) is 1. The summed E-state index contributed by atoms with van der Waals surface area (Å²) in [6.07, 6.45) is 8.88. The van der Waals surface area contributed by atoms with E-state index in [1.165, 1.54) is 0 Å². The first-order valence-corrected chi connectivity index (χ1v) is 7.31.